The van der Waals surface area contributed by atoms with Gasteiger partial charge in [0.15, 0.2) is 0 Å². The summed E-state index contributed by atoms with van der Waals surface area (Å²) in [6, 6.07) is 0. The number of carbonyl (C=O) groups is 3. The second-order valence-electron chi connectivity index (χ2n) is 4.43. The summed E-state index contributed by atoms with van der Waals surface area (Å²) >= 11 is 0. The highest BCUT2D eigenvalue weighted by Crippen LogP contribution is 2.68. The Morgan fingerprint density at radius 1 is 1.65 bits per heavy atom. The highest BCUT2D eigenvalue weighted by atomic mass is 16.5. The lowest BCUT2D eigenvalue weighted by Crippen LogP contribution is -2.27. The molecule has 1 N–H and O–H groups in total. The molecule has 3 atom stereocenters. The first-order valence-corrected chi connectivity index (χ1v) is 5.67. The van der Waals surface area contributed by atoms with Gasteiger partial charge in [0.1, 0.15) is 11.7 Å². The fourth-order valence-electron chi connectivity index (χ4n) is 2.79. The van der Waals surface area contributed by atoms with Crippen molar-refractivity contribution >= 4 is 18.2 Å². The van der Waals surface area contributed by atoms with E-state index in [1.807, 2.05) is 6.92 Å². The van der Waals surface area contributed by atoms with Crippen LogP contribution in [0.2, 0.25) is 0 Å². The standard InChI is InChI=1S/C12H14O5/c1-2-5-17-11(16)12-7(9(12)6-13)3-4-8(12)10(14)15/h4,6-7,9H,2-3,5H2,1H3,(H,14,15)/t7-,9?,12-/m1/s1. The smallest absolute Gasteiger partial charge is 0.332 e. The molecule has 0 aliphatic heterocycles. The van der Waals surface area contributed by atoms with Crippen LogP contribution in [0.15, 0.2) is 11.6 Å². The number of hydrogen-bond donors (Lipinski definition) is 1. The molecule has 0 heterocycles. The number of aldehydes is 1. The maximum absolute atomic E-state index is 12.0. The second-order valence-corrected chi connectivity index (χ2v) is 4.43. The Morgan fingerprint density at radius 3 is 2.82 bits per heavy atom. The van der Waals surface area contributed by atoms with Crippen LogP contribution in [0.25, 0.3) is 0 Å². The lowest BCUT2D eigenvalue weighted by molar-refractivity contribution is -0.152. The molecule has 1 fully saturated rings. The van der Waals surface area contributed by atoms with E-state index in [2.05, 4.69) is 0 Å². The largest absolute Gasteiger partial charge is 0.478 e. The molecule has 17 heavy (non-hydrogen) atoms. The molecule has 2 aliphatic rings. The molecule has 0 saturated heterocycles. The summed E-state index contributed by atoms with van der Waals surface area (Å²) in [6.07, 6.45) is 3.34. The molecule has 0 radical (unpaired) electrons. The molecule has 5 heteroatoms. The van der Waals surface area contributed by atoms with E-state index < -0.39 is 23.3 Å². The van der Waals surface area contributed by atoms with Gasteiger partial charge in [-0.25, -0.2) is 4.79 Å². The minimum Gasteiger partial charge on any atom is -0.478 e. The number of aliphatic carboxylic acids is 1. The van der Waals surface area contributed by atoms with Crippen LogP contribution < -0.4 is 0 Å². The molecule has 0 aromatic carbocycles. The zero-order valence-electron chi connectivity index (χ0n) is 9.51. The molecule has 0 aromatic rings. The van der Waals surface area contributed by atoms with Crippen LogP contribution >= 0.6 is 0 Å². The molecule has 2 aliphatic carbocycles. The Hall–Kier alpha value is -1.65. The molecule has 0 bridgehead atoms. The summed E-state index contributed by atoms with van der Waals surface area (Å²) in [7, 11) is 0. The average Bonchev–Trinajstić information content (AvgIpc) is 2.78. The molecule has 0 aromatic heterocycles. The van der Waals surface area contributed by atoms with Gasteiger partial charge in [0, 0.05) is 5.92 Å². The number of ether oxygens (including phenoxy) is 1. The van der Waals surface area contributed by atoms with Crippen molar-refractivity contribution in [2.45, 2.75) is 19.8 Å². The van der Waals surface area contributed by atoms with Crippen LogP contribution in [-0.2, 0) is 19.1 Å². The summed E-state index contributed by atoms with van der Waals surface area (Å²) in [5.41, 5.74) is -1.16. The number of carbonyl (C=O) groups excluding carboxylic acids is 2. The Balaban J connectivity index is 2.26. The van der Waals surface area contributed by atoms with E-state index in [0.717, 1.165) is 0 Å². The Kier molecular flexibility index (Phi) is 2.77. The van der Waals surface area contributed by atoms with E-state index >= 15 is 0 Å². The zero-order chi connectivity index (χ0) is 12.6. The third-order valence-corrected chi connectivity index (χ3v) is 3.61. The van der Waals surface area contributed by atoms with Crippen molar-refractivity contribution in [3.8, 4) is 0 Å². The summed E-state index contributed by atoms with van der Waals surface area (Å²) in [5.74, 6) is -2.43. The third kappa shape index (κ3) is 1.41. The second kappa shape index (κ2) is 3.98. The van der Waals surface area contributed by atoms with Crippen molar-refractivity contribution in [3.05, 3.63) is 11.6 Å². The van der Waals surface area contributed by atoms with Crippen LogP contribution in [0.4, 0.5) is 0 Å². The normalized spacial score (nSPS) is 33.6. The highest BCUT2D eigenvalue weighted by molar-refractivity contribution is 6.04. The summed E-state index contributed by atoms with van der Waals surface area (Å²) in [4.78, 5) is 34.0. The van der Waals surface area contributed by atoms with Gasteiger partial charge in [-0.3, -0.25) is 4.79 Å². The first kappa shape index (κ1) is 11.8. The minimum atomic E-state index is -1.19. The van der Waals surface area contributed by atoms with Crippen LogP contribution in [0.5, 0.6) is 0 Å². The monoisotopic (exact) mass is 238 g/mol. The van der Waals surface area contributed by atoms with E-state index in [4.69, 9.17) is 9.84 Å². The zero-order valence-corrected chi connectivity index (χ0v) is 9.51. The maximum atomic E-state index is 12.0. The third-order valence-electron chi connectivity index (χ3n) is 3.61. The number of carboxylic acid groups (broad SMARTS) is 1. The Bertz CT molecular complexity index is 411. The number of hydrogen-bond acceptors (Lipinski definition) is 4. The van der Waals surface area contributed by atoms with Gasteiger partial charge in [0.25, 0.3) is 0 Å². The lowest BCUT2D eigenvalue weighted by Gasteiger charge is -2.14. The summed E-state index contributed by atoms with van der Waals surface area (Å²) in [6.45, 7) is 2.11. The fraction of sp³-hybridized carbons (Fsp3) is 0.583. The highest BCUT2D eigenvalue weighted by Gasteiger charge is 2.75. The predicted molar refractivity (Wildman–Crippen MR) is 57.1 cm³/mol. The fourth-order valence-corrected chi connectivity index (χ4v) is 2.79. The summed E-state index contributed by atoms with van der Waals surface area (Å²) in [5, 5.41) is 9.07. The molecule has 1 saturated carbocycles. The maximum Gasteiger partial charge on any atom is 0.332 e. The van der Waals surface area contributed by atoms with Crippen molar-refractivity contribution in [1.82, 2.24) is 0 Å². The van der Waals surface area contributed by atoms with Crippen molar-refractivity contribution in [2.24, 2.45) is 17.3 Å². The van der Waals surface area contributed by atoms with Crippen molar-refractivity contribution in [1.29, 1.82) is 0 Å². The van der Waals surface area contributed by atoms with Gasteiger partial charge in [-0.1, -0.05) is 13.0 Å². The topological polar surface area (TPSA) is 80.7 Å². The van der Waals surface area contributed by atoms with Gasteiger partial charge in [-0.15, -0.1) is 0 Å². The number of fused-ring (bicyclic) bond motifs is 1. The van der Waals surface area contributed by atoms with Crippen molar-refractivity contribution in [2.75, 3.05) is 6.61 Å². The van der Waals surface area contributed by atoms with Crippen LogP contribution in [0, 0.1) is 17.3 Å². The predicted octanol–water partition coefficient (Wildman–Crippen LogP) is 0.786. The molecular formula is C12H14O5. The molecule has 92 valence electrons. The molecule has 5 nitrogen and oxygen atoms in total. The van der Waals surface area contributed by atoms with Crippen LogP contribution in [0.1, 0.15) is 19.8 Å². The van der Waals surface area contributed by atoms with Crippen molar-refractivity contribution < 1.29 is 24.2 Å². The lowest BCUT2D eigenvalue weighted by atomic mass is 9.94. The molecular weight excluding hydrogens is 224 g/mol. The Labute approximate surface area is 98.4 Å². The van der Waals surface area contributed by atoms with Gasteiger partial charge in [0.2, 0.25) is 0 Å². The first-order valence-electron chi connectivity index (χ1n) is 5.67. The quantitative estimate of drug-likeness (QED) is 0.565. The van der Waals surface area contributed by atoms with Gasteiger partial charge in [-0.05, 0) is 18.8 Å². The summed E-state index contributed by atoms with van der Waals surface area (Å²) < 4.78 is 5.03. The Morgan fingerprint density at radius 2 is 2.35 bits per heavy atom. The van der Waals surface area contributed by atoms with E-state index in [0.29, 0.717) is 19.1 Å². The average molecular weight is 238 g/mol. The van der Waals surface area contributed by atoms with Crippen LogP contribution in [-0.4, -0.2) is 29.9 Å². The van der Waals surface area contributed by atoms with E-state index in [1.165, 1.54) is 6.08 Å². The van der Waals surface area contributed by atoms with Gasteiger partial charge >= 0.3 is 11.9 Å². The molecule has 0 spiro atoms. The van der Waals surface area contributed by atoms with E-state index in [-0.39, 0.29) is 18.1 Å². The molecule has 1 unspecified atom stereocenters. The van der Waals surface area contributed by atoms with E-state index in [9.17, 15) is 14.4 Å². The van der Waals surface area contributed by atoms with Gasteiger partial charge in [0.05, 0.1) is 12.2 Å². The van der Waals surface area contributed by atoms with Gasteiger partial charge in [-0.2, -0.15) is 0 Å². The number of allylic oxidation sites excluding steroid dienone is 1. The molecule has 2 rings (SSSR count). The van der Waals surface area contributed by atoms with Gasteiger partial charge < -0.3 is 14.6 Å². The number of carboxylic acids is 1. The van der Waals surface area contributed by atoms with Crippen LogP contribution in [0.3, 0.4) is 0 Å². The SMILES string of the molecule is CCCOC(=O)[C@@]12C(C(=O)O)=CC[C@@H]1C2C=O. The number of esters is 1. The first-order chi connectivity index (χ1) is 8.10. The number of rotatable bonds is 5. The van der Waals surface area contributed by atoms with E-state index in [1.54, 1.807) is 0 Å². The molecule has 0 amide bonds. The van der Waals surface area contributed by atoms with Crippen molar-refractivity contribution in [3.63, 3.8) is 0 Å². The minimum absolute atomic E-state index is 0.0284.